The highest BCUT2D eigenvalue weighted by molar-refractivity contribution is 5.85. The zero-order chi connectivity index (χ0) is 16.7. The summed E-state index contributed by atoms with van der Waals surface area (Å²) in [7, 11) is 0. The number of benzene rings is 1. The van der Waals surface area contributed by atoms with E-state index in [-0.39, 0.29) is 36.3 Å². The Labute approximate surface area is 152 Å². The molecule has 0 aromatic heterocycles. The maximum atomic E-state index is 14.2. The van der Waals surface area contributed by atoms with Crippen LogP contribution >= 0.6 is 12.4 Å². The van der Waals surface area contributed by atoms with Crippen molar-refractivity contribution in [1.82, 2.24) is 4.90 Å². The number of hydrogen-bond acceptors (Lipinski definition) is 2. The van der Waals surface area contributed by atoms with Gasteiger partial charge in [0.1, 0.15) is 5.82 Å². The Morgan fingerprint density at radius 1 is 1.12 bits per heavy atom. The highest BCUT2D eigenvalue weighted by Gasteiger charge is 2.34. The van der Waals surface area contributed by atoms with Crippen LogP contribution in [0.4, 0.5) is 4.39 Å². The molecule has 0 amide bonds. The van der Waals surface area contributed by atoms with Crippen molar-refractivity contribution in [3.8, 4) is 0 Å². The molecular formula is C20H33ClFNO. The maximum absolute atomic E-state index is 14.2. The van der Waals surface area contributed by atoms with E-state index in [1.807, 2.05) is 12.1 Å². The quantitative estimate of drug-likeness (QED) is 0.720. The Morgan fingerprint density at radius 3 is 2.33 bits per heavy atom. The molecule has 0 radical (unpaired) electrons. The van der Waals surface area contributed by atoms with Gasteiger partial charge in [-0.05, 0) is 56.8 Å². The zero-order valence-electron chi connectivity index (χ0n) is 15.1. The highest BCUT2D eigenvalue weighted by Crippen LogP contribution is 2.32. The number of rotatable bonds is 8. The molecule has 0 heterocycles. The van der Waals surface area contributed by atoms with Gasteiger partial charge in [-0.15, -0.1) is 12.4 Å². The van der Waals surface area contributed by atoms with Crippen LogP contribution in [0.2, 0.25) is 0 Å². The molecule has 2 nitrogen and oxygen atoms in total. The van der Waals surface area contributed by atoms with Gasteiger partial charge < -0.3 is 5.11 Å². The van der Waals surface area contributed by atoms with Crippen molar-refractivity contribution in [1.29, 1.82) is 0 Å². The monoisotopic (exact) mass is 357 g/mol. The van der Waals surface area contributed by atoms with Crippen LogP contribution in [-0.4, -0.2) is 35.2 Å². The average molecular weight is 358 g/mol. The molecule has 2 rings (SSSR count). The summed E-state index contributed by atoms with van der Waals surface area (Å²) in [6, 6.07) is 7.35. The molecule has 1 N–H and O–H groups in total. The van der Waals surface area contributed by atoms with Gasteiger partial charge >= 0.3 is 0 Å². The lowest BCUT2D eigenvalue weighted by Gasteiger charge is -2.41. The topological polar surface area (TPSA) is 23.5 Å². The summed E-state index contributed by atoms with van der Waals surface area (Å²) < 4.78 is 14.2. The van der Waals surface area contributed by atoms with Crippen molar-refractivity contribution in [3.63, 3.8) is 0 Å². The standard InChI is InChI=1S/C20H32FNO.ClH/c1-3-13-22(14-4-2)19(17-10-6-8-12-20(17)23)15-16-9-5-7-11-18(16)21;/h5,7,9,11,17,19-20,23H,3-4,6,8,10,12-15H2,1-2H3;1H. The van der Waals surface area contributed by atoms with E-state index < -0.39 is 0 Å². The van der Waals surface area contributed by atoms with Crippen LogP contribution in [0.5, 0.6) is 0 Å². The first-order valence-electron chi connectivity index (χ1n) is 9.32. The third kappa shape index (κ3) is 5.72. The van der Waals surface area contributed by atoms with Crippen LogP contribution in [0.1, 0.15) is 57.9 Å². The van der Waals surface area contributed by atoms with E-state index in [1.165, 1.54) is 6.42 Å². The van der Waals surface area contributed by atoms with Gasteiger partial charge in [0.15, 0.2) is 0 Å². The third-order valence-corrected chi connectivity index (χ3v) is 5.15. The molecule has 1 aromatic rings. The van der Waals surface area contributed by atoms with Crippen LogP contribution in [0.25, 0.3) is 0 Å². The van der Waals surface area contributed by atoms with Crippen molar-refractivity contribution in [3.05, 3.63) is 35.6 Å². The molecule has 0 spiro atoms. The van der Waals surface area contributed by atoms with E-state index in [0.717, 1.165) is 50.8 Å². The smallest absolute Gasteiger partial charge is 0.126 e. The molecular weight excluding hydrogens is 325 g/mol. The Balaban J connectivity index is 0.00000288. The summed E-state index contributed by atoms with van der Waals surface area (Å²) in [4.78, 5) is 2.49. The largest absolute Gasteiger partial charge is 0.393 e. The third-order valence-electron chi connectivity index (χ3n) is 5.15. The predicted octanol–water partition coefficient (Wildman–Crippen LogP) is 4.83. The van der Waals surface area contributed by atoms with E-state index in [0.29, 0.717) is 6.42 Å². The number of aliphatic hydroxyl groups excluding tert-OH is 1. The number of hydrogen-bond donors (Lipinski definition) is 1. The van der Waals surface area contributed by atoms with E-state index in [2.05, 4.69) is 18.7 Å². The fraction of sp³-hybridized carbons (Fsp3) is 0.700. The molecule has 24 heavy (non-hydrogen) atoms. The molecule has 1 saturated carbocycles. The van der Waals surface area contributed by atoms with Crippen LogP contribution in [0, 0.1) is 11.7 Å². The molecule has 4 heteroatoms. The second-order valence-electron chi connectivity index (χ2n) is 6.91. The lowest BCUT2D eigenvalue weighted by atomic mass is 9.78. The van der Waals surface area contributed by atoms with Gasteiger partial charge in [0, 0.05) is 12.0 Å². The van der Waals surface area contributed by atoms with Crippen molar-refractivity contribution in [2.24, 2.45) is 5.92 Å². The SMILES string of the molecule is CCCN(CCC)C(Cc1ccccc1F)C1CCCCC1O.Cl. The summed E-state index contributed by atoms with van der Waals surface area (Å²) in [6.07, 6.45) is 6.90. The van der Waals surface area contributed by atoms with E-state index in [9.17, 15) is 9.50 Å². The van der Waals surface area contributed by atoms with Gasteiger partial charge in [0.2, 0.25) is 0 Å². The molecule has 3 atom stereocenters. The molecule has 1 aliphatic carbocycles. The summed E-state index contributed by atoms with van der Waals surface area (Å²) in [5.74, 6) is 0.150. The highest BCUT2D eigenvalue weighted by atomic mass is 35.5. The zero-order valence-corrected chi connectivity index (χ0v) is 15.9. The molecule has 138 valence electrons. The van der Waals surface area contributed by atoms with Crippen LogP contribution in [-0.2, 0) is 6.42 Å². The second kappa shape index (κ2) is 11.1. The van der Waals surface area contributed by atoms with E-state index in [4.69, 9.17) is 0 Å². The van der Waals surface area contributed by atoms with Gasteiger partial charge in [0.05, 0.1) is 6.10 Å². The molecule has 1 aliphatic rings. The Hall–Kier alpha value is -0.640. The summed E-state index contributed by atoms with van der Waals surface area (Å²) in [5.41, 5.74) is 0.785. The van der Waals surface area contributed by atoms with Crippen LogP contribution in [0.3, 0.4) is 0 Å². The molecule has 3 unspecified atom stereocenters. The average Bonchev–Trinajstić information content (AvgIpc) is 2.55. The summed E-state index contributed by atoms with van der Waals surface area (Å²) in [6.45, 7) is 6.44. The molecule has 1 fully saturated rings. The predicted molar refractivity (Wildman–Crippen MR) is 101 cm³/mol. The van der Waals surface area contributed by atoms with Crippen molar-refractivity contribution in [2.75, 3.05) is 13.1 Å². The fourth-order valence-electron chi connectivity index (χ4n) is 4.05. The minimum Gasteiger partial charge on any atom is -0.393 e. The first kappa shape index (κ1) is 21.4. The minimum absolute atomic E-state index is 0. The Bertz CT molecular complexity index is 465. The summed E-state index contributed by atoms with van der Waals surface area (Å²) in [5, 5.41) is 10.6. The first-order valence-corrected chi connectivity index (χ1v) is 9.32. The maximum Gasteiger partial charge on any atom is 0.126 e. The molecule has 0 aliphatic heterocycles. The van der Waals surface area contributed by atoms with Crippen molar-refractivity contribution in [2.45, 2.75) is 70.9 Å². The normalized spacial score (nSPS) is 22.2. The molecule has 0 saturated heterocycles. The van der Waals surface area contributed by atoms with Crippen LogP contribution < -0.4 is 0 Å². The van der Waals surface area contributed by atoms with Crippen LogP contribution in [0.15, 0.2) is 24.3 Å². The summed E-state index contributed by atoms with van der Waals surface area (Å²) >= 11 is 0. The van der Waals surface area contributed by atoms with Gasteiger partial charge in [0.25, 0.3) is 0 Å². The van der Waals surface area contributed by atoms with Crippen molar-refractivity contribution >= 4 is 12.4 Å². The van der Waals surface area contributed by atoms with Gasteiger partial charge in [-0.25, -0.2) is 4.39 Å². The first-order chi connectivity index (χ1) is 11.2. The number of nitrogens with zero attached hydrogens (tertiary/aromatic N) is 1. The molecule has 0 bridgehead atoms. The van der Waals surface area contributed by atoms with Gasteiger partial charge in [-0.2, -0.15) is 0 Å². The lowest BCUT2D eigenvalue weighted by molar-refractivity contribution is 0.00817. The lowest BCUT2D eigenvalue weighted by Crippen LogP contribution is -2.48. The number of halogens is 2. The number of aliphatic hydroxyl groups is 1. The molecule has 1 aromatic carbocycles. The fourth-order valence-corrected chi connectivity index (χ4v) is 4.05. The Kier molecular flexibility index (Phi) is 9.87. The Morgan fingerprint density at radius 2 is 1.75 bits per heavy atom. The minimum atomic E-state index is -0.239. The van der Waals surface area contributed by atoms with Gasteiger partial charge in [-0.3, -0.25) is 4.90 Å². The second-order valence-corrected chi connectivity index (χ2v) is 6.91. The van der Waals surface area contributed by atoms with E-state index in [1.54, 1.807) is 12.1 Å². The van der Waals surface area contributed by atoms with Gasteiger partial charge in [-0.1, -0.05) is 44.9 Å². The van der Waals surface area contributed by atoms with E-state index >= 15 is 0 Å². The van der Waals surface area contributed by atoms with Crippen molar-refractivity contribution < 1.29 is 9.50 Å².